The number of benzene rings is 1. The Balaban J connectivity index is 2.27. The first-order chi connectivity index (χ1) is 7.70. The zero-order valence-electron chi connectivity index (χ0n) is 8.29. The standard InChI is InChI=1S/C10H9NO4S/c12-4-7-1-2-10(9(3-7)11(13)14)16-8-5-15-6-8/h1-4,8H,5-6H2. The Morgan fingerprint density at radius 1 is 1.50 bits per heavy atom. The molecule has 1 saturated heterocycles. The molecule has 84 valence electrons. The largest absolute Gasteiger partial charge is 0.379 e. The fraction of sp³-hybridized carbons (Fsp3) is 0.300. The van der Waals surface area contributed by atoms with Crippen molar-refractivity contribution in [2.24, 2.45) is 0 Å². The van der Waals surface area contributed by atoms with Crippen molar-refractivity contribution in [2.75, 3.05) is 13.2 Å². The van der Waals surface area contributed by atoms with E-state index in [-0.39, 0.29) is 10.9 Å². The molecule has 1 aliphatic heterocycles. The van der Waals surface area contributed by atoms with Crippen LogP contribution in [0.3, 0.4) is 0 Å². The van der Waals surface area contributed by atoms with E-state index in [0.29, 0.717) is 30.0 Å². The smallest absolute Gasteiger partial charge is 0.283 e. The summed E-state index contributed by atoms with van der Waals surface area (Å²) in [5.74, 6) is 0. The average Bonchev–Trinajstić information content (AvgIpc) is 2.23. The van der Waals surface area contributed by atoms with Gasteiger partial charge < -0.3 is 4.74 Å². The summed E-state index contributed by atoms with van der Waals surface area (Å²) in [6.07, 6.45) is 0.605. The third-order valence-electron chi connectivity index (χ3n) is 2.22. The summed E-state index contributed by atoms with van der Waals surface area (Å²) in [6.45, 7) is 1.24. The van der Waals surface area contributed by atoms with Crippen LogP contribution in [0.1, 0.15) is 10.4 Å². The molecule has 1 aliphatic rings. The first kappa shape index (κ1) is 11.1. The number of hydrogen-bond donors (Lipinski definition) is 0. The minimum absolute atomic E-state index is 0.0125. The lowest BCUT2D eigenvalue weighted by Gasteiger charge is -2.24. The molecule has 0 amide bonds. The van der Waals surface area contributed by atoms with Crippen molar-refractivity contribution in [3.8, 4) is 0 Å². The van der Waals surface area contributed by atoms with Crippen molar-refractivity contribution in [2.45, 2.75) is 10.1 Å². The second-order valence-corrected chi connectivity index (χ2v) is 4.72. The second-order valence-electron chi connectivity index (χ2n) is 3.38. The van der Waals surface area contributed by atoms with Crippen LogP contribution in [0, 0.1) is 10.1 Å². The Morgan fingerprint density at radius 2 is 2.25 bits per heavy atom. The number of hydrogen-bond acceptors (Lipinski definition) is 5. The first-order valence-electron chi connectivity index (χ1n) is 4.68. The van der Waals surface area contributed by atoms with Crippen molar-refractivity contribution in [3.63, 3.8) is 0 Å². The van der Waals surface area contributed by atoms with Crippen molar-refractivity contribution in [1.29, 1.82) is 0 Å². The molecule has 0 saturated carbocycles. The summed E-state index contributed by atoms with van der Waals surface area (Å²) in [4.78, 5) is 21.5. The summed E-state index contributed by atoms with van der Waals surface area (Å²) in [6, 6.07) is 4.50. The van der Waals surface area contributed by atoms with Gasteiger partial charge in [0.15, 0.2) is 0 Å². The van der Waals surface area contributed by atoms with Gasteiger partial charge in [0, 0.05) is 11.6 Å². The predicted octanol–water partition coefficient (Wildman–Crippen LogP) is 1.90. The zero-order chi connectivity index (χ0) is 11.5. The van der Waals surface area contributed by atoms with Crippen LogP contribution in [0.15, 0.2) is 23.1 Å². The Morgan fingerprint density at radius 3 is 2.75 bits per heavy atom. The van der Waals surface area contributed by atoms with Gasteiger partial charge in [-0.3, -0.25) is 14.9 Å². The van der Waals surface area contributed by atoms with Crippen molar-refractivity contribution < 1.29 is 14.5 Å². The number of nitro benzene ring substituents is 1. The second kappa shape index (κ2) is 4.63. The van der Waals surface area contributed by atoms with E-state index in [2.05, 4.69) is 0 Å². The van der Waals surface area contributed by atoms with E-state index in [0.717, 1.165) is 0 Å². The van der Waals surface area contributed by atoms with Crippen LogP contribution >= 0.6 is 11.8 Å². The molecule has 1 aromatic rings. The molecular weight excluding hydrogens is 230 g/mol. The number of carbonyl (C=O) groups is 1. The third kappa shape index (κ3) is 2.23. The highest BCUT2D eigenvalue weighted by molar-refractivity contribution is 8.00. The zero-order valence-corrected chi connectivity index (χ0v) is 9.11. The number of rotatable bonds is 4. The highest BCUT2D eigenvalue weighted by Gasteiger charge is 2.24. The lowest BCUT2D eigenvalue weighted by Crippen LogP contribution is -2.30. The van der Waals surface area contributed by atoms with E-state index in [9.17, 15) is 14.9 Å². The molecule has 5 nitrogen and oxygen atoms in total. The molecule has 0 atom stereocenters. The van der Waals surface area contributed by atoms with Crippen LogP contribution in [0.4, 0.5) is 5.69 Å². The molecule has 1 heterocycles. The topological polar surface area (TPSA) is 69.4 Å². The normalized spacial score (nSPS) is 15.5. The number of aldehydes is 1. The van der Waals surface area contributed by atoms with E-state index in [1.165, 1.54) is 17.8 Å². The highest BCUT2D eigenvalue weighted by Crippen LogP contribution is 2.35. The summed E-state index contributed by atoms with van der Waals surface area (Å²) in [5.41, 5.74) is 0.308. The minimum atomic E-state index is -0.463. The number of carbonyl (C=O) groups excluding carboxylic acids is 1. The fourth-order valence-electron chi connectivity index (χ4n) is 1.31. The van der Waals surface area contributed by atoms with E-state index in [1.54, 1.807) is 12.1 Å². The summed E-state index contributed by atoms with van der Waals surface area (Å²) in [7, 11) is 0. The van der Waals surface area contributed by atoms with Gasteiger partial charge in [-0.1, -0.05) is 6.07 Å². The third-order valence-corrected chi connectivity index (χ3v) is 3.42. The molecule has 0 aromatic heterocycles. The monoisotopic (exact) mass is 239 g/mol. The predicted molar refractivity (Wildman–Crippen MR) is 58.9 cm³/mol. The first-order valence-corrected chi connectivity index (χ1v) is 5.56. The number of nitro groups is 1. The molecular formula is C10H9NO4S. The maximum Gasteiger partial charge on any atom is 0.283 e. The highest BCUT2D eigenvalue weighted by atomic mass is 32.2. The van der Waals surface area contributed by atoms with Gasteiger partial charge in [0.05, 0.1) is 28.3 Å². The van der Waals surface area contributed by atoms with E-state index in [1.807, 2.05) is 0 Å². The molecule has 0 N–H and O–H groups in total. The minimum Gasteiger partial charge on any atom is -0.379 e. The Labute approximate surface area is 95.9 Å². The van der Waals surface area contributed by atoms with Crippen LogP contribution in [-0.4, -0.2) is 29.7 Å². The molecule has 0 unspecified atom stereocenters. The molecule has 1 aromatic carbocycles. The quantitative estimate of drug-likeness (QED) is 0.456. The number of ether oxygens (including phenoxy) is 1. The van der Waals surface area contributed by atoms with Gasteiger partial charge in [-0.15, -0.1) is 11.8 Å². The van der Waals surface area contributed by atoms with Gasteiger partial charge >= 0.3 is 0 Å². The van der Waals surface area contributed by atoms with E-state index in [4.69, 9.17) is 4.74 Å². The number of nitrogens with zero attached hydrogens (tertiary/aromatic N) is 1. The molecule has 0 aliphatic carbocycles. The Bertz CT molecular complexity index is 431. The van der Waals surface area contributed by atoms with Gasteiger partial charge in [-0.2, -0.15) is 0 Å². The van der Waals surface area contributed by atoms with Gasteiger partial charge in [-0.05, 0) is 6.07 Å². The Hall–Kier alpha value is -1.40. The van der Waals surface area contributed by atoms with Crippen LogP contribution in [0.25, 0.3) is 0 Å². The van der Waals surface area contributed by atoms with Gasteiger partial charge in [-0.25, -0.2) is 0 Å². The van der Waals surface area contributed by atoms with Crippen LogP contribution in [0.2, 0.25) is 0 Å². The summed E-state index contributed by atoms with van der Waals surface area (Å²) >= 11 is 1.42. The molecule has 0 radical (unpaired) electrons. The van der Waals surface area contributed by atoms with Crippen LogP contribution in [-0.2, 0) is 4.74 Å². The maximum absolute atomic E-state index is 10.8. The fourth-order valence-corrected chi connectivity index (χ4v) is 2.40. The van der Waals surface area contributed by atoms with Crippen molar-refractivity contribution in [1.82, 2.24) is 0 Å². The van der Waals surface area contributed by atoms with E-state index >= 15 is 0 Å². The average molecular weight is 239 g/mol. The lowest BCUT2D eigenvalue weighted by molar-refractivity contribution is -0.387. The molecule has 0 spiro atoms. The molecule has 0 bridgehead atoms. The van der Waals surface area contributed by atoms with Gasteiger partial charge in [0.2, 0.25) is 0 Å². The molecule has 2 rings (SSSR count). The van der Waals surface area contributed by atoms with Crippen LogP contribution in [0.5, 0.6) is 0 Å². The summed E-state index contributed by atoms with van der Waals surface area (Å²) < 4.78 is 5.01. The lowest BCUT2D eigenvalue weighted by atomic mass is 10.2. The van der Waals surface area contributed by atoms with Crippen molar-refractivity contribution in [3.05, 3.63) is 33.9 Å². The number of thioether (sulfide) groups is 1. The molecule has 16 heavy (non-hydrogen) atoms. The van der Waals surface area contributed by atoms with Crippen molar-refractivity contribution >= 4 is 23.7 Å². The molecule has 1 fully saturated rings. The molecule has 6 heteroatoms. The Kier molecular flexibility index (Phi) is 3.21. The van der Waals surface area contributed by atoms with E-state index < -0.39 is 4.92 Å². The van der Waals surface area contributed by atoms with Gasteiger partial charge in [0.1, 0.15) is 6.29 Å². The summed E-state index contributed by atoms with van der Waals surface area (Å²) in [5, 5.41) is 11.1. The van der Waals surface area contributed by atoms with Crippen LogP contribution < -0.4 is 0 Å². The van der Waals surface area contributed by atoms with Gasteiger partial charge in [0.25, 0.3) is 5.69 Å². The maximum atomic E-state index is 10.8. The SMILES string of the molecule is O=Cc1ccc(SC2COC2)c([N+](=O)[O-])c1.